The van der Waals surface area contributed by atoms with Crippen LogP contribution in [0.25, 0.3) is 0 Å². The molecule has 0 aliphatic heterocycles. The molecule has 30 heavy (non-hydrogen) atoms. The Morgan fingerprint density at radius 3 is 2.80 bits per heavy atom. The molecule has 2 aromatic heterocycles. The van der Waals surface area contributed by atoms with Crippen molar-refractivity contribution in [3.05, 3.63) is 93.4 Å². The van der Waals surface area contributed by atoms with Crippen molar-refractivity contribution in [2.24, 2.45) is 0 Å². The van der Waals surface area contributed by atoms with E-state index in [-0.39, 0.29) is 5.91 Å². The second-order valence-electron chi connectivity index (χ2n) is 6.46. The van der Waals surface area contributed by atoms with Gasteiger partial charge in [0.15, 0.2) is 0 Å². The van der Waals surface area contributed by atoms with Crippen LogP contribution in [0.5, 0.6) is 5.75 Å². The Labute approximate surface area is 182 Å². The van der Waals surface area contributed by atoms with Crippen molar-refractivity contribution in [3.8, 4) is 5.75 Å². The molecule has 7 nitrogen and oxygen atoms in total. The molecule has 0 saturated heterocycles. The standard InChI is InChI=1S/C21H18ClN5O2S/c22-17-4-6-18(7-5-17)29-11-20-26-19(12-30-20)21(28)24-9-15-2-1-3-16(8-15)10-27-14-23-13-25-27/h1-8,12-14H,9-11H2,(H,24,28). The molecule has 152 valence electrons. The van der Waals surface area contributed by atoms with Gasteiger partial charge >= 0.3 is 0 Å². The fourth-order valence-electron chi connectivity index (χ4n) is 2.77. The van der Waals surface area contributed by atoms with Gasteiger partial charge in [0.05, 0.1) is 6.54 Å². The number of ether oxygens (including phenoxy) is 1. The summed E-state index contributed by atoms with van der Waals surface area (Å²) in [6.07, 6.45) is 3.18. The minimum atomic E-state index is -0.217. The van der Waals surface area contributed by atoms with Gasteiger partial charge in [-0.25, -0.2) is 14.6 Å². The molecule has 1 amide bonds. The van der Waals surface area contributed by atoms with Crippen LogP contribution in [-0.2, 0) is 19.7 Å². The number of aromatic nitrogens is 4. The Hall–Kier alpha value is -3.23. The van der Waals surface area contributed by atoms with Crippen LogP contribution >= 0.6 is 22.9 Å². The number of carbonyl (C=O) groups excluding carboxylic acids is 1. The Kier molecular flexibility index (Phi) is 6.36. The maximum Gasteiger partial charge on any atom is 0.271 e. The largest absolute Gasteiger partial charge is 0.486 e. The molecule has 0 radical (unpaired) electrons. The number of amides is 1. The molecule has 0 aliphatic rings. The van der Waals surface area contributed by atoms with E-state index in [0.717, 1.165) is 16.1 Å². The van der Waals surface area contributed by atoms with Crippen LogP contribution < -0.4 is 10.1 Å². The summed E-state index contributed by atoms with van der Waals surface area (Å²) in [5, 5.41) is 10.1. The minimum Gasteiger partial charge on any atom is -0.486 e. The smallest absolute Gasteiger partial charge is 0.271 e. The third kappa shape index (κ3) is 5.43. The molecule has 0 spiro atoms. The topological polar surface area (TPSA) is 81.9 Å². The van der Waals surface area contributed by atoms with Gasteiger partial charge in [-0.1, -0.05) is 35.9 Å². The minimum absolute atomic E-state index is 0.217. The average molecular weight is 440 g/mol. The zero-order valence-corrected chi connectivity index (χ0v) is 17.4. The van der Waals surface area contributed by atoms with E-state index in [2.05, 4.69) is 20.4 Å². The summed E-state index contributed by atoms with van der Waals surface area (Å²) in [4.78, 5) is 20.7. The van der Waals surface area contributed by atoms with Gasteiger partial charge in [0, 0.05) is 16.9 Å². The number of thiazole rings is 1. The zero-order chi connectivity index (χ0) is 20.8. The molecule has 1 N–H and O–H groups in total. The number of nitrogens with one attached hydrogen (secondary N) is 1. The van der Waals surface area contributed by atoms with Crippen LogP contribution in [0, 0.1) is 0 Å². The number of rotatable bonds is 8. The van der Waals surface area contributed by atoms with E-state index in [0.29, 0.717) is 36.2 Å². The highest BCUT2D eigenvalue weighted by molar-refractivity contribution is 7.09. The molecular formula is C21H18ClN5O2S. The summed E-state index contributed by atoms with van der Waals surface area (Å²) < 4.78 is 7.42. The van der Waals surface area contributed by atoms with Crippen molar-refractivity contribution in [1.29, 1.82) is 0 Å². The monoisotopic (exact) mass is 439 g/mol. The van der Waals surface area contributed by atoms with E-state index in [1.54, 1.807) is 40.7 Å². The first-order chi connectivity index (χ1) is 14.7. The van der Waals surface area contributed by atoms with Crippen LogP contribution in [0.2, 0.25) is 5.02 Å². The second-order valence-corrected chi connectivity index (χ2v) is 7.84. The number of carbonyl (C=O) groups is 1. The maximum absolute atomic E-state index is 12.4. The number of halogens is 1. The summed E-state index contributed by atoms with van der Waals surface area (Å²) in [5.74, 6) is 0.483. The van der Waals surface area contributed by atoms with Crippen molar-refractivity contribution in [2.75, 3.05) is 0 Å². The van der Waals surface area contributed by atoms with E-state index in [4.69, 9.17) is 16.3 Å². The molecule has 0 aliphatic carbocycles. The number of hydrogen-bond acceptors (Lipinski definition) is 6. The van der Waals surface area contributed by atoms with Gasteiger partial charge in [0.2, 0.25) is 0 Å². The molecular weight excluding hydrogens is 422 g/mol. The summed E-state index contributed by atoms with van der Waals surface area (Å²) in [6.45, 7) is 1.34. The van der Waals surface area contributed by atoms with Crippen molar-refractivity contribution >= 4 is 28.8 Å². The maximum atomic E-state index is 12.4. The van der Waals surface area contributed by atoms with Gasteiger partial charge in [-0.15, -0.1) is 11.3 Å². The fourth-order valence-corrected chi connectivity index (χ4v) is 3.58. The van der Waals surface area contributed by atoms with E-state index in [9.17, 15) is 4.79 Å². The van der Waals surface area contributed by atoms with Crippen LogP contribution in [0.15, 0.2) is 66.6 Å². The Bertz CT molecular complexity index is 1110. The molecule has 4 rings (SSSR count). The molecule has 2 aromatic carbocycles. The molecule has 0 atom stereocenters. The highest BCUT2D eigenvalue weighted by Gasteiger charge is 2.11. The molecule has 9 heteroatoms. The van der Waals surface area contributed by atoms with Crippen LogP contribution in [-0.4, -0.2) is 25.7 Å². The van der Waals surface area contributed by atoms with Gasteiger partial charge < -0.3 is 10.1 Å². The third-order valence-corrected chi connectivity index (χ3v) is 5.29. The lowest BCUT2D eigenvalue weighted by atomic mass is 10.1. The zero-order valence-electron chi connectivity index (χ0n) is 15.9. The van der Waals surface area contributed by atoms with Crippen LogP contribution in [0.1, 0.15) is 26.6 Å². The second kappa shape index (κ2) is 9.51. The molecule has 0 bridgehead atoms. The summed E-state index contributed by atoms with van der Waals surface area (Å²) in [7, 11) is 0. The Morgan fingerprint density at radius 1 is 1.17 bits per heavy atom. The Balaban J connectivity index is 1.29. The molecule has 0 unspecified atom stereocenters. The third-order valence-electron chi connectivity index (χ3n) is 4.22. The van der Waals surface area contributed by atoms with Crippen molar-refractivity contribution in [3.63, 3.8) is 0 Å². The lowest BCUT2D eigenvalue weighted by Gasteiger charge is -2.07. The summed E-state index contributed by atoms with van der Waals surface area (Å²) in [6, 6.07) is 15.1. The van der Waals surface area contributed by atoms with Gasteiger partial charge in [0.25, 0.3) is 5.91 Å². The predicted molar refractivity (Wildman–Crippen MR) is 115 cm³/mol. The lowest BCUT2D eigenvalue weighted by Crippen LogP contribution is -2.23. The van der Waals surface area contributed by atoms with E-state index in [1.165, 1.54) is 17.7 Å². The summed E-state index contributed by atoms with van der Waals surface area (Å²) in [5.41, 5.74) is 2.47. The van der Waals surface area contributed by atoms with Gasteiger partial charge in [-0.05, 0) is 35.4 Å². The van der Waals surface area contributed by atoms with Gasteiger partial charge in [0.1, 0.15) is 35.7 Å². The number of nitrogens with zero attached hydrogens (tertiary/aromatic N) is 4. The van der Waals surface area contributed by atoms with Crippen LogP contribution in [0.3, 0.4) is 0 Å². The fraction of sp³-hybridized carbons (Fsp3) is 0.143. The normalized spacial score (nSPS) is 10.7. The molecule has 0 saturated carbocycles. The molecule has 0 fully saturated rings. The van der Waals surface area contributed by atoms with E-state index >= 15 is 0 Å². The van der Waals surface area contributed by atoms with E-state index < -0.39 is 0 Å². The molecule has 4 aromatic rings. The molecule has 2 heterocycles. The van der Waals surface area contributed by atoms with Crippen molar-refractivity contribution in [2.45, 2.75) is 19.7 Å². The van der Waals surface area contributed by atoms with Crippen molar-refractivity contribution < 1.29 is 9.53 Å². The highest BCUT2D eigenvalue weighted by Crippen LogP contribution is 2.18. The van der Waals surface area contributed by atoms with Crippen LogP contribution in [0.4, 0.5) is 0 Å². The van der Waals surface area contributed by atoms with E-state index in [1.807, 2.05) is 24.3 Å². The predicted octanol–water partition coefficient (Wildman–Crippen LogP) is 3.95. The first-order valence-electron chi connectivity index (χ1n) is 9.17. The number of benzene rings is 2. The van der Waals surface area contributed by atoms with Gasteiger partial charge in [-0.2, -0.15) is 5.10 Å². The first-order valence-corrected chi connectivity index (χ1v) is 10.4. The Morgan fingerprint density at radius 2 is 2.00 bits per heavy atom. The lowest BCUT2D eigenvalue weighted by molar-refractivity contribution is 0.0946. The SMILES string of the molecule is O=C(NCc1cccc(Cn2cncn2)c1)c1csc(COc2ccc(Cl)cc2)n1. The number of hydrogen-bond donors (Lipinski definition) is 1. The summed E-state index contributed by atoms with van der Waals surface area (Å²) >= 11 is 7.25. The van der Waals surface area contributed by atoms with Gasteiger partial charge in [-0.3, -0.25) is 4.79 Å². The quantitative estimate of drug-likeness (QED) is 0.449. The van der Waals surface area contributed by atoms with Crippen molar-refractivity contribution in [1.82, 2.24) is 25.1 Å². The first kappa shape index (κ1) is 20.1. The highest BCUT2D eigenvalue weighted by atomic mass is 35.5. The average Bonchev–Trinajstić information content (AvgIpc) is 3.44.